The summed E-state index contributed by atoms with van der Waals surface area (Å²) < 4.78 is 19.1. The monoisotopic (exact) mass is 426 g/mol. The third-order valence-electron chi connectivity index (χ3n) is 4.91. The Hall–Kier alpha value is -2.87. The van der Waals surface area contributed by atoms with Crippen molar-refractivity contribution in [1.29, 1.82) is 0 Å². The van der Waals surface area contributed by atoms with E-state index < -0.39 is 6.04 Å². The van der Waals surface area contributed by atoms with Gasteiger partial charge in [-0.1, -0.05) is 47.6 Å². The molecule has 0 radical (unpaired) electrons. The highest BCUT2D eigenvalue weighted by Gasteiger charge is 2.24. The van der Waals surface area contributed by atoms with Gasteiger partial charge in [0.2, 0.25) is 11.8 Å². The van der Waals surface area contributed by atoms with Crippen molar-refractivity contribution < 1.29 is 13.6 Å². The minimum absolute atomic E-state index is 0.149. The Labute approximate surface area is 178 Å². The molecule has 6 nitrogen and oxygen atoms in total. The molecule has 0 spiro atoms. The Bertz CT molecular complexity index is 959. The number of carbonyl (C=O) groups is 1. The van der Waals surface area contributed by atoms with Crippen LogP contribution in [-0.2, 0) is 17.6 Å². The molecule has 1 amide bonds. The quantitative estimate of drug-likeness (QED) is 0.624. The summed E-state index contributed by atoms with van der Waals surface area (Å²) in [7, 11) is 0. The Morgan fingerprint density at radius 3 is 2.53 bits per heavy atom. The molecule has 1 saturated heterocycles. The Morgan fingerprint density at radius 1 is 1.07 bits per heavy atom. The van der Waals surface area contributed by atoms with Gasteiger partial charge in [-0.25, -0.2) is 4.39 Å². The predicted molar refractivity (Wildman–Crippen MR) is 115 cm³/mol. The largest absolute Gasteiger partial charge is 0.406 e. The number of nitrogens with one attached hydrogen (secondary N) is 1. The fourth-order valence-electron chi connectivity index (χ4n) is 3.33. The highest BCUT2D eigenvalue weighted by Crippen LogP contribution is 2.23. The van der Waals surface area contributed by atoms with Gasteiger partial charge in [0.05, 0.1) is 6.42 Å². The molecule has 3 aromatic rings. The summed E-state index contributed by atoms with van der Waals surface area (Å²) >= 11 is 1.91. The lowest BCUT2D eigenvalue weighted by molar-refractivity contribution is -0.121. The van der Waals surface area contributed by atoms with E-state index in [9.17, 15) is 9.18 Å². The van der Waals surface area contributed by atoms with E-state index in [1.807, 2.05) is 42.1 Å². The van der Waals surface area contributed by atoms with Crippen molar-refractivity contribution in [3.8, 4) is 0 Å². The van der Waals surface area contributed by atoms with Crippen molar-refractivity contribution in [2.24, 2.45) is 0 Å². The van der Waals surface area contributed by atoms with Gasteiger partial charge in [-0.15, -0.1) is 5.10 Å². The fourth-order valence-corrected chi connectivity index (χ4v) is 4.24. The molecular formula is C22H23FN4O2S. The molecule has 2 aromatic carbocycles. The topological polar surface area (TPSA) is 71.3 Å². The molecule has 2 heterocycles. The average Bonchev–Trinajstić information content (AvgIpc) is 3.27. The van der Waals surface area contributed by atoms with E-state index in [1.165, 1.54) is 12.1 Å². The molecule has 1 aliphatic heterocycles. The van der Waals surface area contributed by atoms with Crippen molar-refractivity contribution in [2.75, 3.05) is 29.5 Å². The smallest absolute Gasteiger partial charge is 0.318 e. The second-order valence-corrected chi connectivity index (χ2v) is 8.36. The van der Waals surface area contributed by atoms with Crippen LogP contribution < -0.4 is 10.2 Å². The number of benzene rings is 2. The van der Waals surface area contributed by atoms with E-state index in [-0.39, 0.29) is 18.1 Å². The molecule has 0 aliphatic carbocycles. The first-order valence-corrected chi connectivity index (χ1v) is 11.1. The van der Waals surface area contributed by atoms with Gasteiger partial charge in [0.1, 0.15) is 11.9 Å². The standard InChI is InChI=1S/C22H23FN4O2S/c23-18-8-6-17(7-9-18)15-20(28)24-19(14-16-4-2-1-3-5-16)21-25-26-22(29-21)27-10-12-30-13-11-27/h1-9,19H,10-15H2,(H,24,28)/t19-/m1/s1. The van der Waals surface area contributed by atoms with Gasteiger partial charge in [0, 0.05) is 31.0 Å². The Kier molecular flexibility index (Phi) is 6.63. The van der Waals surface area contributed by atoms with Crippen LogP contribution >= 0.6 is 11.8 Å². The molecule has 0 saturated carbocycles. The van der Waals surface area contributed by atoms with E-state index in [2.05, 4.69) is 20.4 Å². The first-order valence-electron chi connectivity index (χ1n) is 9.91. The number of halogens is 1. The van der Waals surface area contributed by atoms with Crippen molar-refractivity contribution in [2.45, 2.75) is 18.9 Å². The lowest BCUT2D eigenvalue weighted by Gasteiger charge is -2.24. The summed E-state index contributed by atoms with van der Waals surface area (Å²) in [6, 6.07) is 15.8. The number of aromatic nitrogens is 2. The molecule has 1 atom stereocenters. The maximum atomic E-state index is 13.1. The highest BCUT2D eigenvalue weighted by atomic mass is 32.2. The van der Waals surface area contributed by atoms with E-state index in [4.69, 9.17) is 4.42 Å². The van der Waals surface area contributed by atoms with Gasteiger partial charge in [-0.3, -0.25) is 4.79 Å². The van der Waals surface area contributed by atoms with Crippen LogP contribution in [-0.4, -0.2) is 40.7 Å². The third kappa shape index (κ3) is 5.38. The zero-order valence-electron chi connectivity index (χ0n) is 16.5. The Morgan fingerprint density at radius 2 is 1.80 bits per heavy atom. The molecule has 8 heteroatoms. The van der Waals surface area contributed by atoms with Crippen molar-refractivity contribution in [3.63, 3.8) is 0 Å². The maximum absolute atomic E-state index is 13.1. The molecule has 1 fully saturated rings. The second kappa shape index (κ2) is 9.75. The first-order chi connectivity index (χ1) is 14.7. The lowest BCUT2D eigenvalue weighted by atomic mass is 10.1. The number of hydrogen-bond donors (Lipinski definition) is 1. The number of amides is 1. The van der Waals surface area contributed by atoms with Crippen LogP contribution in [0.3, 0.4) is 0 Å². The normalized spacial score (nSPS) is 15.0. The van der Waals surface area contributed by atoms with Crippen LogP contribution in [0.2, 0.25) is 0 Å². The molecule has 1 aliphatic rings. The second-order valence-electron chi connectivity index (χ2n) is 7.14. The van der Waals surface area contributed by atoms with Crippen LogP contribution in [0.4, 0.5) is 10.4 Å². The van der Waals surface area contributed by atoms with Crippen LogP contribution in [0.25, 0.3) is 0 Å². The average molecular weight is 427 g/mol. The summed E-state index contributed by atoms with van der Waals surface area (Å²) in [4.78, 5) is 14.7. The fraction of sp³-hybridized carbons (Fsp3) is 0.318. The van der Waals surface area contributed by atoms with Gasteiger partial charge in [-0.2, -0.15) is 11.8 Å². The van der Waals surface area contributed by atoms with Gasteiger partial charge in [0.15, 0.2) is 0 Å². The molecule has 0 bridgehead atoms. The zero-order chi connectivity index (χ0) is 20.8. The number of anilines is 1. The molecule has 1 N–H and O–H groups in total. The molecular weight excluding hydrogens is 403 g/mol. The predicted octanol–water partition coefficient (Wildman–Crippen LogP) is 3.40. The van der Waals surface area contributed by atoms with E-state index in [1.54, 1.807) is 12.1 Å². The van der Waals surface area contributed by atoms with E-state index in [0.29, 0.717) is 18.3 Å². The molecule has 156 valence electrons. The Balaban J connectivity index is 1.49. The third-order valence-corrected chi connectivity index (χ3v) is 5.85. The number of nitrogens with zero attached hydrogens (tertiary/aromatic N) is 3. The van der Waals surface area contributed by atoms with Crippen LogP contribution in [0.1, 0.15) is 23.1 Å². The van der Waals surface area contributed by atoms with E-state index in [0.717, 1.165) is 35.7 Å². The van der Waals surface area contributed by atoms with Crippen molar-refractivity contribution in [3.05, 3.63) is 77.4 Å². The van der Waals surface area contributed by atoms with Crippen LogP contribution in [0, 0.1) is 5.82 Å². The molecule has 30 heavy (non-hydrogen) atoms. The summed E-state index contributed by atoms with van der Waals surface area (Å²) in [6.07, 6.45) is 0.684. The van der Waals surface area contributed by atoms with Crippen molar-refractivity contribution >= 4 is 23.7 Å². The minimum Gasteiger partial charge on any atom is -0.406 e. The lowest BCUT2D eigenvalue weighted by Crippen LogP contribution is -2.32. The van der Waals surface area contributed by atoms with Crippen molar-refractivity contribution in [1.82, 2.24) is 15.5 Å². The summed E-state index contributed by atoms with van der Waals surface area (Å²) in [5.74, 6) is 1.94. The van der Waals surface area contributed by atoms with Gasteiger partial charge in [0.25, 0.3) is 0 Å². The van der Waals surface area contributed by atoms with Crippen LogP contribution in [0.5, 0.6) is 0 Å². The molecule has 4 rings (SSSR count). The summed E-state index contributed by atoms with van der Waals surface area (Å²) in [5, 5.41) is 11.5. The number of hydrogen-bond acceptors (Lipinski definition) is 6. The van der Waals surface area contributed by atoms with Gasteiger partial charge >= 0.3 is 6.01 Å². The van der Waals surface area contributed by atoms with Gasteiger partial charge < -0.3 is 14.6 Å². The SMILES string of the molecule is O=C(Cc1ccc(F)cc1)N[C@H](Cc1ccccc1)c1nnc(N2CCSCC2)o1. The first kappa shape index (κ1) is 20.4. The molecule has 1 aromatic heterocycles. The highest BCUT2D eigenvalue weighted by molar-refractivity contribution is 7.99. The number of carbonyl (C=O) groups excluding carboxylic acids is 1. The number of rotatable bonds is 7. The minimum atomic E-state index is -0.444. The molecule has 0 unspecified atom stereocenters. The number of thioether (sulfide) groups is 1. The van der Waals surface area contributed by atoms with Gasteiger partial charge in [-0.05, 0) is 23.3 Å². The maximum Gasteiger partial charge on any atom is 0.318 e. The van der Waals surface area contributed by atoms with E-state index >= 15 is 0 Å². The van der Waals surface area contributed by atoms with Crippen LogP contribution in [0.15, 0.2) is 59.0 Å². The summed E-state index contributed by atoms with van der Waals surface area (Å²) in [5.41, 5.74) is 1.79. The zero-order valence-corrected chi connectivity index (χ0v) is 17.3. The summed E-state index contributed by atoms with van der Waals surface area (Å²) in [6.45, 7) is 1.74.